The Labute approximate surface area is 117 Å². The first-order valence-corrected chi connectivity index (χ1v) is 6.69. The number of rotatable bonds is 4. The van der Waals surface area contributed by atoms with Crippen molar-refractivity contribution in [3.05, 3.63) is 23.9 Å². The highest BCUT2D eigenvalue weighted by Gasteiger charge is 2.29. The number of carbonyl (C=O) groups excluding carboxylic acids is 2. The van der Waals surface area contributed by atoms with Crippen LogP contribution in [0, 0.1) is 5.92 Å². The highest BCUT2D eigenvalue weighted by Crippen LogP contribution is 2.20. The summed E-state index contributed by atoms with van der Waals surface area (Å²) in [7, 11) is 0. The van der Waals surface area contributed by atoms with E-state index in [0.29, 0.717) is 13.1 Å². The van der Waals surface area contributed by atoms with Crippen LogP contribution in [0.3, 0.4) is 0 Å². The fraction of sp³-hybridized carbons (Fsp3) is 0.500. The van der Waals surface area contributed by atoms with Crippen LogP contribution in [0.1, 0.15) is 30.6 Å². The summed E-state index contributed by atoms with van der Waals surface area (Å²) in [5, 5.41) is 0. The van der Waals surface area contributed by atoms with E-state index in [1.807, 2.05) is 13.8 Å². The van der Waals surface area contributed by atoms with Gasteiger partial charge in [-0.1, -0.05) is 13.8 Å². The Morgan fingerprint density at radius 3 is 2.90 bits per heavy atom. The van der Waals surface area contributed by atoms with E-state index in [0.717, 1.165) is 6.42 Å². The van der Waals surface area contributed by atoms with Crippen molar-refractivity contribution in [3.63, 3.8) is 0 Å². The van der Waals surface area contributed by atoms with E-state index < -0.39 is 5.91 Å². The van der Waals surface area contributed by atoms with E-state index in [1.54, 1.807) is 23.2 Å². The molecule has 2 rings (SSSR count). The number of amides is 2. The number of carbonyl (C=O) groups is 2. The van der Waals surface area contributed by atoms with Crippen LogP contribution in [0.25, 0.3) is 0 Å². The molecule has 1 aromatic heterocycles. The Morgan fingerprint density at radius 1 is 1.50 bits per heavy atom. The van der Waals surface area contributed by atoms with E-state index >= 15 is 0 Å². The molecule has 1 atom stereocenters. The third-order valence-corrected chi connectivity index (χ3v) is 3.27. The molecule has 2 amide bonds. The second-order valence-corrected chi connectivity index (χ2v) is 5.19. The Balaban J connectivity index is 2.03. The van der Waals surface area contributed by atoms with Gasteiger partial charge in [-0.3, -0.25) is 9.59 Å². The molecular weight excluding hydrogens is 258 g/mol. The molecule has 1 saturated heterocycles. The number of ether oxygens (including phenoxy) is 1. The first-order chi connectivity index (χ1) is 9.49. The van der Waals surface area contributed by atoms with Crippen LogP contribution in [-0.4, -0.2) is 40.9 Å². The lowest BCUT2D eigenvalue weighted by Crippen LogP contribution is -2.34. The van der Waals surface area contributed by atoms with E-state index in [-0.39, 0.29) is 29.4 Å². The van der Waals surface area contributed by atoms with Gasteiger partial charge in [0.05, 0.1) is 6.54 Å². The normalized spacial score (nSPS) is 18.4. The molecule has 0 spiro atoms. The van der Waals surface area contributed by atoms with Gasteiger partial charge in [0, 0.05) is 25.1 Å². The number of nitrogens with zero attached hydrogens (tertiary/aromatic N) is 2. The monoisotopic (exact) mass is 277 g/mol. The standard InChI is InChI=1S/C14H19N3O3/c1-9(2)14(19)17-7-5-10(8-17)20-13-11(12(15)18)4-3-6-16-13/h3-4,6,9-10H,5,7-8H2,1-2H3,(H2,15,18)/t10-/m1/s1. The average molecular weight is 277 g/mol. The Kier molecular flexibility index (Phi) is 4.22. The van der Waals surface area contributed by atoms with Gasteiger partial charge in [0.15, 0.2) is 0 Å². The number of likely N-dealkylation sites (tertiary alicyclic amines) is 1. The number of hydrogen-bond donors (Lipinski definition) is 1. The van der Waals surface area contributed by atoms with Crippen LogP contribution in [0.2, 0.25) is 0 Å². The zero-order valence-electron chi connectivity index (χ0n) is 11.7. The zero-order chi connectivity index (χ0) is 14.7. The third kappa shape index (κ3) is 3.07. The second-order valence-electron chi connectivity index (χ2n) is 5.19. The smallest absolute Gasteiger partial charge is 0.254 e. The summed E-state index contributed by atoms with van der Waals surface area (Å²) in [6.07, 6.45) is 2.13. The molecule has 2 N–H and O–H groups in total. The minimum absolute atomic E-state index is 0.0234. The maximum atomic E-state index is 11.9. The Hall–Kier alpha value is -2.11. The van der Waals surface area contributed by atoms with Crippen LogP contribution in [0.5, 0.6) is 5.88 Å². The average Bonchev–Trinajstić information content (AvgIpc) is 2.86. The van der Waals surface area contributed by atoms with Gasteiger partial charge in [-0.25, -0.2) is 4.98 Å². The summed E-state index contributed by atoms with van der Waals surface area (Å²) in [4.78, 5) is 29.0. The Bertz CT molecular complexity index is 516. The molecule has 6 heteroatoms. The molecule has 1 aliphatic heterocycles. The van der Waals surface area contributed by atoms with Crippen LogP contribution in [0.4, 0.5) is 0 Å². The molecule has 0 aromatic carbocycles. The van der Waals surface area contributed by atoms with Crippen LogP contribution >= 0.6 is 0 Å². The van der Waals surface area contributed by atoms with Crippen molar-refractivity contribution < 1.29 is 14.3 Å². The van der Waals surface area contributed by atoms with Gasteiger partial charge in [-0.2, -0.15) is 0 Å². The second kappa shape index (κ2) is 5.90. The van der Waals surface area contributed by atoms with Gasteiger partial charge in [-0.05, 0) is 12.1 Å². The molecule has 0 radical (unpaired) electrons. The van der Waals surface area contributed by atoms with E-state index in [4.69, 9.17) is 10.5 Å². The highest BCUT2D eigenvalue weighted by molar-refractivity contribution is 5.94. The fourth-order valence-corrected chi connectivity index (χ4v) is 2.22. The molecular formula is C14H19N3O3. The third-order valence-electron chi connectivity index (χ3n) is 3.27. The summed E-state index contributed by atoms with van der Waals surface area (Å²) >= 11 is 0. The minimum atomic E-state index is -0.568. The molecule has 0 unspecified atom stereocenters. The SMILES string of the molecule is CC(C)C(=O)N1CC[C@@H](Oc2ncccc2C(N)=O)C1. The zero-order valence-corrected chi connectivity index (χ0v) is 11.7. The quantitative estimate of drug-likeness (QED) is 0.882. The lowest BCUT2D eigenvalue weighted by molar-refractivity contribution is -0.133. The van der Waals surface area contributed by atoms with E-state index in [1.165, 1.54) is 0 Å². The summed E-state index contributed by atoms with van der Waals surface area (Å²) in [5.74, 6) is -0.234. The van der Waals surface area contributed by atoms with Crippen molar-refractivity contribution in [3.8, 4) is 5.88 Å². The molecule has 1 aliphatic rings. The molecule has 6 nitrogen and oxygen atoms in total. The number of pyridine rings is 1. The largest absolute Gasteiger partial charge is 0.472 e. The molecule has 20 heavy (non-hydrogen) atoms. The van der Waals surface area contributed by atoms with Gasteiger partial charge in [-0.15, -0.1) is 0 Å². The summed E-state index contributed by atoms with van der Waals surface area (Å²) < 4.78 is 5.72. The predicted octanol–water partition coefficient (Wildman–Crippen LogP) is 0.816. The molecule has 0 bridgehead atoms. The van der Waals surface area contributed by atoms with Crippen molar-refractivity contribution in [1.82, 2.24) is 9.88 Å². The van der Waals surface area contributed by atoms with E-state index in [2.05, 4.69) is 4.98 Å². The summed E-state index contributed by atoms with van der Waals surface area (Å²) in [6.45, 7) is 4.94. The Morgan fingerprint density at radius 2 is 2.25 bits per heavy atom. The molecule has 0 aliphatic carbocycles. The number of aromatic nitrogens is 1. The topological polar surface area (TPSA) is 85.5 Å². The molecule has 108 valence electrons. The van der Waals surface area contributed by atoms with E-state index in [9.17, 15) is 9.59 Å². The maximum Gasteiger partial charge on any atom is 0.254 e. The van der Waals surface area contributed by atoms with Crippen LogP contribution < -0.4 is 10.5 Å². The predicted molar refractivity (Wildman–Crippen MR) is 73.2 cm³/mol. The first kappa shape index (κ1) is 14.3. The first-order valence-electron chi connectivity index (χ1n) is 6.69. The molecule has 0 saturated carbocycles. The summed E-state index contributed by atoms with van der Waals surface area (Å²) in [5.41, 5.74) is 5.55. The molecule has 1 aromatic rings. The van der Waals surface area contributed by atoms with Crippen molar-refractivity contribution in [1.29, 1.82) is 0 Å². The maximum absolute atomic E-state index is 11.9. The number of nitrogens with two attached hydrogens (primary N) is 1. The van der Waals surface area contributed by atoms with Gasteiger partial charge in [0.25, 0.3) is 5.91 Å². The lowest BCUT2D eigenvalue weighted by Gasteiger charge is -2.19. The van der Waals surface area contributed by atoms with Crippen LogP contribution in [-0.2, 0) is 4.79 Å². The highest BCUT2D eigenvalue weighted by atomic mass is 16.5. The van der Waals surface area contributed by atoms with Crippen molar-refractivity contribution in [2.45, 2.75) is 26.4 Å². The molecule has 1 fully saturated rings. The van der Waals surface area contributed by atoms with Gasteiger partial charge in [0.2, 0.25) is 11.8 Å². The van der Waals surface area contributed by atoms with Gasteiger partial charge < -0.3 is 15.4 Å². The van der Waals surface area contributed by atoms with Crippen LogP contribution in [0.15, 0.2) is 18.3 Å². The van der Waals surface area contributed by atoms with Crippen molar-refractivity contribution in [2.24, 2.45) is 11.7 Å². The van der Waals surface area contributed by atoms with Crippen molar-refractivity contribution >= 4 is 11.8 Å². The fourth-order valence-electron chi connectivity index (χ4n) is 2.22. The summed E-state index contributed by atoms with van der Waals surface area (Å²) in [6, 6.07) is 3.22. The number of primary amides is 1. The molecule has 2 heterocycles. The van der Waals surface area contributed by atoms with Gasteiger partial charge >= 0.3 is 0 Å². The van der Waals surface area contributed by atoms with Gasteiger partial charge in [0.1, 0.15) is 11.7 Å². The lowest BCUT2D eigenvalue weighted by atomic mass is 10.2. The van der Waals surface area contributed by atoms with Crippen molar-refractivity contribution in [2.75, 3.05) is 13.1 Å². The number of hydrogen-bond acceptors (Lipinski definition) is 4. The minimum Gasteiger partial charge on any atom is -0.472 e.